The fourth-order valence-corrected chi connectivity index (χ4v) is 3.34. The molecule has 1 aliphatic carbocycles. The highest BCUT2D eigenvalue weighted by Gasteiger charge is 2.35. The van der Waals surface area contributed by atoms with Crippen molar-refractivity contribution < 1.29 is 18.8 Å². The first-order valence-corrected chi connectivity index (χ1v) is 9.16. The van der Waals surface area contributed by atoms with Crippen LogP contribution in [0.3, 0.4) is 0 Å². The van der Waals surface area contributed by atoms with E-state index < -0.39 is 5.60 Å². The fourth-order valence-electron chi connectivity index (χ4n) is 3.34. The van der Waals surface area contributed by atoms with E-state index in [0.29, 0.717) is 17.3 Å². The monoisotopic (exact) mass is 363 g/mol. The van der Waals surface area contributed by atoms with Crippen LogP contribution in [0.15, 0.2) is 65.2 Å². The molecule has 2 aromatic carbocycles. The maximum Gasteiger partial charge on any atom is 0.174 e. The van der Waals surface area contributed by atoms with Crippen LogP contribution in [0.5, 0.6) is 11.5 Å². The van der Waals surface area contributed by atoms with Gasteiger partial charge in [0.15, 0.2) is 17.6 Å². The molecule has 5 nitrogen and oxygen atoms in total. The average Bonchev–Trinajstić information content (AvgIpc) is 3.38. The summed E-state index contributed by atoms with van der Waals surface area (Å²) < 4.78 is 17.0. The Morgan fingerprint density at radius 2 is 1.70 bits per heavy atom. The smallest absolute Gasteiger partial charge is 0.174 e. The Morgan fingerprint density at radius 1 is 1.00 bits per heavy atom. The predicted molar refractivity (Wildman–Crippen MR) is 101 cm³/mol. The maximum atomic E-state index is 11.4. The predicted octanol–water partition coefficient (Wildman–Crippen LogP) is 4.81. The fraction of sp³-hybridized carbons (Fsp3) is 0.273. The SMILES string of the molecule is O=CC1(Oc2ccc(OCc3cc(-c4ccccc4)no3)cc2)CCCC1. The van der Waals surface area contributed by atoms with Crippen LogP contribution in [0.2, 0.25) is 0 Å². The number of hydrogen-bond donors (Lipinski definition) is 0. The summed E-state index contributed by atoms with van der Waals surface area (Å²) in [6.45, 7) is 0.290. The molecule has 1 heterocycles. The lowest BCUT2D eigenvalue weighted by atomic mass is 10.0. The van der Waals surface area contributed by atoms with Crippen molar-refractivity contribution in [3.05, 3.63) is 66.4 Å². The van der Waals surface area contributed by atoms with Crippen LogP contribution in [0.25, 0.3) is 11.3 Å². The van der Waals surface area contributed by atoms with Crippen LogP contribution in [-0.2, 0) is 11.4 Å². The molecule has 4 rings (SSSR count). The van der Waals surface area contributed by atoms with Crippen LogP contribution in [0.1, 0.15) is 31.4 Å². The third-order valence-electron chi connectivity index (χ3n) is 4.82. The standard InChI is InChI=1S/C22H21NO4/c24-16-22(12-4-5-13-22)26-19-10-8-18(9-11-19)25-15-20-14-21(23-27-20)17-6-2-1-3-7-17/h1-3,6-11,14,16H,4-5,12-13,15H2. The highest BCUT2D eigenvalue weighted by atomic mass is 16.5. The number of aldehydes is 1. The number of carbonyl (C=O) groups is 1. The van der Waals surface area contributed by atoms with E-state index in [2.05, 4.69) is 5.16 Å². The number of aromatic nitrogens is 1. The van der Waals surface area contributed by atoms with Gasteiger partial charge in [-0.3, -0.25) is 4.79 Å². The van der Waals surface area contributed by atoms with E-state index in [-0.39, 0.29) is 6.61 Å². The van der Waals surface area contributed by atoms with Gasteiger partial charge < -0.3 is 14.0 Å². The molecule has 138 valence electrons. The minimum atomic E-state index is -0.657. The Hall–Kier alpha value is -3.08. The molecule has 0 spiro atoms. The van der Waals surface area contributed by atoms with Gasteiger partial charge in [-0.1, -0.05) is 35.5 Å². The summed E-state index contributed by atoms with van der Waals surface area (Å²) in [5.41, 5.74) is 1.13. The molecule has 0 amide bonds. The summed E-state index contributed by atoms with van der Waals surface area (Å²) in [6, 6.07) is 19.0. The molecule has 1 saturated carbocycles. The Morgan fingerprint density at radius 3 is 2.41 bits per heavy atom. The van der Waals surface area contributed by atoms with Crippen molar-refractivity contribution in [1.29, 1.82) is 0 Å². The van der Waals surface area contributed by atoms with Crippen molar-refractivity contribution in [3.63, 3.8) is 0 Å². The number of rotatable bonds is 7. The van der Waals surface area contributed by atoms with Gasteiger partial charge in [-0.05, 0) is 49.9 Å². The zero-order valence-electron chi connectivity index (χ0n) is 15.0. The maximum absolute atomic E-state index is 11.4. The van der Waals surface area contributed by atoms with Gasteiger partial charge in [-0.15, -0.1) is 0 Å². The highest BCUT2D eigenvalue weighted by Crippen LogP contribution is 2.33. The Bertz CT molecular complexity index is 880. The highest BCUT2D eigenvalue weighted by molar-refractivity contribution is 5.64. The van der Waals surface area contributed by atoms with E-state index in [9.17, 15) is 4.79 Å². The van der Waals surface area contributed by atoms with E-state index >= 15 is 0 Å². The van der Waals surface area contributed by atoms with Crippen LogP contribution in [-0.4, -0.2) is 17.0 Å². The quantitative estimate of drug-likeness (QED) is 0.564. The zero-order valence-corrected chi connectivity index (χ0v) is 15.0. The van der Waals surface area contributed by atoms with E-state index in [1.54, 1.807) is 0 Å². The minimum Gasteiger partial charge on any atom is -0.486 e. The number of benzene rings is 2. The number of hydrogen-bond acceptors (Lipinski definition) is 5. The van der Waals surface area contributed by atoms with Crippen LogP contribution >= 0.6 is 0 Å². The molecule has 0 aliphatic heterocycles. The van der Waals surface area contributed by atoms with Gasteiger partial charge in [0, 0.05) is 11.6 Å². The van der Waals surface area contributed by atoms with Crippen molar-refractivity contribution in [1.82, 2.24) is 5.16 Å². The third kappa shape index (κ3) is 4.03. The topological polar surface area (TPSA) is 61.6 Å². The summed E-state index contributed by atoms with van der Waals surface area (Å²) in [7, 11) is 0. The summed E-state index contributed by atoms with van der Waals surface area (Å²) in [5.74, 6) is 2.04. The second kappa shape index (κ2) is 7.66. The van der Waals surface area contributed by atoms with Gasteiger partial charge in [-0.25, -0.2) is 0 Å². The molecule has 5 heteroatoms. The van der Waals surface area contributed by atoms with E-state index in [0.717, 1.165) is 43.2 Å². The molecule has 0 saturated heterocycles. The summed E-state index contributed by atoms with van der Waals surface area (Å²) in [6.07, 6.45) is 4.57. The van der Waals surface area contributed by atoms with Crippen molar-refractivity contribution >= 4 is 6.29 Å². The molecule has 27 heavy (non-hydrogen) atoms. The van der Waals surface area contributed by atoms with Crippen molar-refractivity contribution in [3.8, 4) is 22.8 Å². The van der Waals surface area contributed by atoms with Gasteiger partial charge in [0.25, 0.3) is 0 Å². The van der Waals surface area contributed by atoms with E-state index in [1.165, 1.54) is 0 Å². The van der Waals surface area contributed by atoms with Gasteiger partial charge in [-0.2, -0.15) is 0 Å². The van der Waals surface area contributed by atoms with Crippen molar-refractivity contribution in [2.75, 3.05) is 0 Å². The molecule has 1 fully saturated rings. The second-order valence-corrected chi connectivity index (χ2v) is 6.80. The lowest BCUT2D eigenvalue weighted by Gasteiger charge is -2.23. The van der Waals surface area contributed by atoms with Crippen molar-refractivity contribution in [2.24, 2.45) is 0 Å². The van der Waals surface area contributed by atoms with E-state index in [4.69, 9.17) is 14.0 Å². The minimum absolute atomic E-state index is 0.290. The molecule has 0 atom stereocenters. The molecule has 3 aromatic rings. The number of ether oxygens (including phenoxy) is 2. The lowest BCUT2D eigenvalue weighted by molar-refractivity contribution is -0.121. The number of nitrogens with zero attached hydrogens (tertiary/aromatic N) is 1. The van der Waals surface area contributed by atoms with Gasteiger partial charge >= 0.3 is 0 Å². The Balaban J connectivity index is 1.35. The Labute approximate surface area is 157 Å². The molecule has 1 aromatic heterocycles. The molecule has 0 radical (unpaired) electrons. The van der Waals surface area contributed by atoms with Gasteiger partial charge in [0.1, 0.15) is 23.8 Å². The molecule has 1 aliphatic rings. The largest absolute Gasteiger partial charge is 0.486 e. The first kappa shape index (κ1) is 17.3. The molecule has 0 N–H and O–H groups in total. The van der Waals surface area contributed by atoms with Crippen molar-refractivity contribution in [2.45, 2.75) is 37.9 Å². The average molecular weight is 363 g/mol. The van der Waals surface area contributed by atoms with Crippen LogP contribution in [0, 0.1) is 0 Å². The Kier molecular flexibility index (Phi) is 4.92. The number of carbonyl (C=O) groups excluding carboxylic acids is 1. The van der Waals surface area contributed by atoms with Gasteiger partial charge in [0.05, 0.1) is 0 Å². The first-order chi connectivity index (χ1) is 13.3. The lowest BCUT2D eigenvalue weighted by Crippen LogP contribution is -2.34. The summed E-state index contributed by atoms with van der Waals surface area (Å²) >= 11 is 0. The van der Waals surface area contributed by atoms with Gasteiger partial charge in [0.2, 0.25) is 0 Å². The molecule has 0 unspecified atom stereocenters. The molecular weight excluding hydrogens is 342 g/mol. The van der Waals surface area contributed by atoms with Crippen LogP contribution in [0.4, 0.5) is 0 Å². The zero-order chi connectivity index (χ0) is 18.5. The summed E-state index contributed by atoms with van der Waals surface area (Å²) in [5, 5.41) is 4.08. The molecular formula is C22H21NO4. The normalized spacial score (nSPS) is 15.4. The van der Waals surface area contributed by atoms with E-state index in [1.807, 2.05) is 60.7 Å². The summed E-state index contributed by atoms with van der Waals surface area (Å²) in [4.78, 5) is 11.4. The van der Waals surface area contributed by atoms with Crippen LogP contribution < -0.4 is 9.47 Å². The third-order valence-corrected chi connectivity index (χ3v) is 4.82. The first-order valence-electron chi connectivity index (χ1n) is 9.16. The second-order valence-electron chi connectivity index (χ2n) is 6.80. The molecule has 0 bridgehead atoms.